The quantitative estimate of drug-likeness (QED) is 0.529. The average Bonchev–Trinajstić information content (AvgIpc) is 2.41. The summed E-state index contributed by atoms with van der Waals surface area (Å²) in [5.74, 6) is 0.133. The van der Waals surface area contributed by atoms with E-state index in [1.54, 1.807) is 13.0 Å². The molecule has 0 unspecified atom stereocenters. The van der Waals surface area contributed by atoms with Crippen molar-refractivity contribution >= 4 is 16.7 Å². The number of methoxy groups -OCH3 is 1. The number of carbonyl (C=O) groups is 1. The van der Waals surface area contributed by atoms with E-state index < -0.39 is 5.97 Å². The van der Waals surface area contributed by atoms with Crippen LogP contribution in [-0.4, -0.2) is 18.2 Å². The monoisotopic (exact) mass is 272 g/mol. The van der Waals surface area contributed by atoms with Gasteiger partial charge in [0.05, 0.1) is 7.11 Å². The van der Waals surface area contributed by atoms with Gasteiger partial charge in [-0.1, -0.05) is 24.3 Å². The smallest absolute Gasteiger partial charge is 0.338 e. The molecule has 2 aromatic carbocycles. The molecule has 20 heavy (non-hydrogen) atoms. The van der Waals surface area contributed by atoms with Crippen LogP contribution in [0.2, 0.25) is 0 Å². The van der Waals surface area contributed by atoms with Gasteiger partial charge < -0.3 is 14.6 Å². The van der Waals surface area contributed by atoms with E-state index in [4.69, 9.17) is 9.47 Å². The Kier molecular flexibility index (Phi) is 3.66. The number of fused-ring (bicyclic) bond motifs is 1. The van der Waals surface area contributed by atoms with Gasteiger partial charge in [0.1, 0.15) is 5.75 Å². The van der Waals surface area contributed by atoms with Crippen molar-refractivity contribution in [2.75, 3.05) is 7.11 Å². The molecule has 2 rings (SSSR count). The third-order valence-electron chi connectivity index (χ3n) is 2.95. The first-order chi connectivity index (χ1) is 9.43. The van der Waals surface area contributed by atoms with Crippen LogP contribution in [0.25, 0.3) is 10.8 Å². The van der Waals surface area contributed by atoms with Gasteiger partial charge >= 0.3 is 5.97 Å². The standard InChI is InChI=1S/C16H16O4/c1-9(2)16(18)20-15-11-6-5-10(3)7-12(11)13(17)8-14(15)19-4/h5-8,17H,1H2,2-4H3. The predicted octanol–water partition coefficient (Wildman–Crippen LogP) is 3.34. The first-order valence-electron chi connectivity index (χ1n) is 6.12. The molecule has 0 radical (unpaired) electrons. The van der Waals surface area contributed by atoms with Gasteiger partial charge in [-0.3, -0.25) is 0 Å². The van der Waals surface area contributed by atoms with E-state index in [1.165, 1.54) is 13.2 Å². The van der Waals surface area contributed by atoms with Crippen molar-refractivity contribution in [3.8, 4) is 17.2 Å². The Morgan fingerprint density at radius 1 is 1.25 bits per heavy atom. The van der Waals surface area contributed by atoms with E-state index in [9.17, 15) is 9.90 Å². The first kappa shape index (κ1) is 13.9. The van der Waals surface area contributed by atoms with Crippen LogP contribution < -0.4 is 9.47 Å². The molecule has 0 bridgehead atoms. The maximum absolute atomic E-state index is 11.7. The van der Waals surface area contributed by atoms with Crippen LogP contribution in [0.3, 0.4) is 0 Å². The molecule has 4 nitrogen and oxygen atoms in total. The van der Waals surface area contributed by atoms with Crippen LogP contribution in [-0.2, 0) is 4.79 Å². The summed E-state index contributed by atoms with van der Waals surface area (Å²) in [6.45, 7) is 7.04. The molecule has 0 atom stereocenters. The fraction of sp³-hybridized carbons (Fsp3) is 0.188. The highest BCUT2D eigenvalue weighted by atomic mass is 16.6. The average molecular weight is 272 g/mol. The second-order valence-electron chi connectivity index (χ2n) is 4.65. The molecule has 0 aromatic heterocycles. The first-order valence-corrected chi connectivity index (χ1v) is 6.12. The summed E-state index contributed by atoms with van der Waals surface area (Å²) in [5, 5.41) is 11.3. The Labute approximate surface area is 117 Å². The van der Waals surface area contributed by atoms with E-state index in [0.29, 0.717) is 22.1 Å². The van der Waals surface area contributed by atoms with Gasteiger partial charge in [-0.05, 0) is 19.9 Å². The van der Waals surface area contributed by atoms with Crippen molar-refractivity contribution in [2.24, 2.45) is 0 Å². The summed E-state index contributed by atoms with van der Waals surface area (Å²) in [6, 6.07) is 6.91. The number of carbonyl (C=O) groups excluding carboxylic acids is 1. The third kappa shape index (κ3) is 2.45. The molecule has 0 fully saturated rings. The van der Waals surface area contributed by atoms with E-state index in [1.807, 2.05) is 19.1 Å². The number of aromatic hydroxyl groups is 1. The number of hydrogen-bond donors (Lipinski definition) is 1. The molecule has 1 N–H and O–H groups in total. The van der Waals surface area contributed by atoms with Gasteiger partial charge in [-0.15, -0.1) is 0 Å². The van der Waals surface area contributed by atoms with Gasteiger partial charge in [-0.25, -0.2) is 4.79 Å². The second kappa shape index (κ2) is 5.25. The van der Waals surface area contributed by atoms with E-state index >= 15 is 0 Å². The number of ether oxygens (including phenoxy) is 2. The van der Waals surface area contributed by atoms with Crippen LogP contribution in [0.15, 0.2) is 36.4 Å². The molecule has 0 aliphatic carbocycles. The lowest BCUT2D eigenvalue weighted by molar-refractivity contribution is -0.130. The fourth-order valence-electron chi connectivity index (χ4n) is 1.90. The highest BCUT2D eigenvalue weighted by Gasteiger charge is 2.17. The summed E-state index contributed by atoms with van der Waals surface area (Å²) < 4.78 is 10.5. The number of hydrogen-bond acceptors (Lipinski definition) is 4. The number of rotatable bonds is 3. The summed E-state index contributed by atoms with van der Waals surface area (Å²) in [4.78, 5) is 11.7. The maximum Gasteiger partial charge on any atom is 0.338 e. The summed E-state index contributed by atoms with van der Waals surface area (Å²) >= 11 is 0. The number of phenols is 1. The van der Waals surface area contributed by atoms with Crippen LogP contribution in [0.5, 0.6) is 17.2 Å². The van der Waals surface area contributed by atoms with Gasteiger partial charge in [0.15, 0.2) is 11.5 Å². The van der Waals surface area contributed by atoms with Gasteiger partial charge in [0.25, 0.3) is 0 Å². The molecule has 0 aliphatic heterocycles. The van der Waals surface area contributed by atoms with Gasteiger partial charge in [0, 0.05) is 22.4 Å². The van der Waals surface area contributed by atoms with Crippen molar-refractivity contribution in [3.63, 3.8) is 0 Å². The molecular formula is C16H16O4. The van der Waals surface area contributed by atoms with Crippen molar-refractivity contribution in [1.82, 2.24) is 0 Å². The summed E-state index contributed by atoms with van der Waals surface area (Å²) in [7, 11) is 1.45. The lowest BCUT2D eigenvalue weighted by atomic mass is 10.1. The SMILES string of the molecule is C=C(C)C(=O)Oc1c(OC)cc(O)c2cc(C)ccc12. The molecule has 0 aliphatic rings. The Morgan fingerprint density at radius 3 is 2.55 bits per heavy atom. The molecule has 2 aromatic rings. The molecular weight excluding hydrogens is 256 g/mol. The summed E-state index contributed by atoms with van der Waals surface area (Å²) in [5.41, 5.74) is 1.29. The van der Waals surface area contributed by atoms with Crippen molar-refractivity contribution in [1.29, 1.82) is 0 Å². The number of aryl methyl sites for hydroxylation is 1. The van der Waals surface area contributed by atoms with E-state index in [2.05, 4.69) is 6.58 Å². The van der Waals surface area contributed by atoms with Crippen LogP contribution in [0, 0.1) is 6.92 Å². The lowest BCUT2D eigenvalue weighted by Gasteiger charge is -2.13. The Hall–Kier alpha value is -2.49. The Morgan fingerprint density at radius 2 is 1.95 bits per heavy atom. The minimum absolute atomic E-state index is 0.0793. The highest BCUT2D eigenvalue weighted by Crippen LogP contribution is 2.41. The minimum atomic E-state index is -0.532. The van der Waals surface area contributed by atoms with Crippen LogP contribution >= 0.6 is 0 Å². The Bertz CT molecular complexity index is 701. The minimum Gasteiger partial charge on any atom is -0.507 e. The van der Waals surface area contributed by atoms with Gasteiger partial charge in [0.2, 0.25) is 0 Å². The number of phenolic OH excluding ortho intramolecular Hbond substituents is 1. The molecule has 0 saturated heterocycles. The molecule has 4 heteroatoms. The maximum atomic E-state index is 11.7. The highest BCUT2D eigenvalue weighted by molar-refractivity contribution is 5.99. The molecule has 0 heterocycles. The number of esters is 1. The third-order valence-corrected chi connectivity index (χ3v) is 2.95. The summed E-state index contributed by atoms with van der Waals surface area (Å²) in [6.07, 6.45) is 0. The Balaban J connectivity index is 2.69. The number of benzene rings is 2. The van der Waals surface area contributed by atoms with Crippen LogP contribution in [0.4, 0.5) is 0 Å². The van der Waals surface area contributed by atoms with Crippen molar-refractivity contribution in [2.45, 2.75) is 13.8 Å². The zero-order valence-electron chi connectivity index (χ0n) is 11.7. The lowest BCUT2D eigenvalue weighted by Crippen LogP contribution is -2.09. The fourth-order valence-corrected chi connectivity index (χ4v) is 1.90. The molecule has 0 saturated carbocycles. The zero-order chi connectivity index (χ0) is 14.9. The largest absolute Gasteiger partial charge is 0.507 e. The predicted molar refractivity (Wildman–Crippen MR) is 77.4 cm³/mol. The molecule has 0 spiro atoms. The van der Waals surface area contributed by atoms with Crippen LogP contribution in [0.1, 0.15) is 12.5 Å². The van der Waals surface area contributed by atoms with Crippen molar-refractivity contribution in [3.05, 3.63) is 42.0 Å². The topological polar surface area (TPSA) is 55.8 Å². The second-order valence-corrected chi connectivity index (χ2v) is 4.65. The van der Waals surface area contributed by atoms with E-state index in [0.717, 1.165) is 5.56 Å². The van der Waals surface area contributed by atoms with E-state index in [-0.39, 0.29) is 11.5 Å². The normalized spacial score (nSPS) is 10.3. The van der Waals surface area contributed by atoms with Crippen molar-refractivity contribution < 1.29 is 19.4 Å². The zero-order valence-corrected chi connectivity index (χ0v) is 11.7. The molecule has 104 valence electrons. The molecule has 0 amide bonds. The van der Waals surface area contributed by atoms with Gasteiger partial charge in [-0.2, -0.15) is 0 Å².